The highest BCUT2D eigenvalue weighted by Gasteiger charge is 2.65. The smallest absolute Gasteiger partial charge is 0.280 e. The van der Waals surface area contributed by atoms with Crippen molar-refractivity contribution in [1.29, 1.82) is 0 Å². The van der Waals surface area contributed by atoms with Gasteiger partial charge in [-0.2, -0.15) is 4.98 Å². The van der Waals surface area contributed by atoms with Gasteiger partial charge >= 0.3 is 0 Å². The Morgan fingerprint density at radius 2 is 1.53 bits per heavy atom. The Morgan fingerprint density at radius 1 is 0.941 bits per heavy atom. The summed E-state index contributed by atoms with van der Waals surface area (Å²) in [4.78, 5) is 37.9. The lowest BCUT2D eigenvalue weighted by molar-refractivity contribution is -0.221. The van der Waals surface area contributed by atoms with Crippen LogP contribution in [0.4, 0.5) is 5.95 Å². The second-order valence-electron chi connectivity index (χ2n) is 15.1. The maximum Gasteiger partial charge on any atom is 0.280 e. The van der Waals surface area contributed by atoms with Gasteiger partial charge in [-0.3, -0.25) is 24.5 Å². The van der Waals surface area contributed by atoms with Crippen LogP contribution in [-0.2, 0) is 29.2 Å². The Morgan fingerprint density at radius 3 is 2.10 bits per heavy atom. The van der Waals surface area contributed by atoms with Crippen LogP contribution >= 0.6 is 0 Å². The van der Waals surface area contributed by atoms with Crippen LogP contribution in [0.2, 0.25) is 5.04 Å². The maximum atomic E-state index is 13.4. The van der Waals surface area contributed by atoms with Gasteiger partial charge < -0.3 is 18.6 Å². The highest BCUT2D eigenvalue weighted by atomic mass is 28.4. The van der Waals surface area contributed by atoms with Gasteiger partial charge in [0.2, 0.25) is 17.6 Å². The van der Waals surface area contributed by atoms with E-state index in [1.807, 2.05) is 56.3 Å². The summed E-state index contributed by atoms with van der Waals surface area (Å²) in [6, 6.07) is 30.6. The first-order chi connectivity index (χ1) is 24.3. The summed E-state index contributed by atoms with van der Waals surface area (Å²) in [5, 5.41) is 4.76. The fourth-order valence-corrected chi connectivity index (χ4v) is 12.1. The monoisotopic (exact) mass is 707 g/mol. The number of aromatic nitrogens is 4. The molecular weight excluding hydrogens is 663 g/mol. The molecule has 2 aliphatic heterocycles. The molecule has 2 saturated heterocycles. The average molecular weight is 708 g/mol. The van der Waals surface area contributed by atoms with Gasteiger partial charge in [0.05, 0.1) is 6.61 Å². The molecular formula is C39H45N5O6Si. The van der Waals surface area contributed by atoms with Gasteiger partial charge in [-0.25, -0.2) is 4.98 Å². The third-order valence-corrected chi connectivity index (χ3v) is 14.8. The summed E-state index contributed by atoms with van der Waals surface area (Å²) >= 11 is 0. The fraction of sp³-hybridized carbons (Fsp3) is 0.385. The number of carbonyl (C=O) groups is 1. The molecule has 0 spiro atoms. The fourth-order valence-electron chi connectivity index (χ4n) is 7.54. The number of hydrogen-bond donors (Lipinski definition) is 2. The molecule has 3 aromatic carbocycles. The zero-order valence-electron chi connectivity index (χ0n) is 30.0. The van der Waals surface area contributed by atoms with Gasteiger partial charge in [0.1, 0.15) is 24.6 Å². The third kappa shape index (κ3) is 5.94. The van der Waals surface area contributed by atoms with Gasteiger partial charge in [-0.05, 0) is 29.3 Å². The zero-order chi connectivity index (χ0) is 36.2. The van der Waals surface area contributed by atoms with Crippen molar-refractivity contribution < 1.29 is 23.4 Å². The van der Waals surface area contributed by atoms with Crippen LogP contribution in [0.3, 0.4) is 0 Å². The number of imidazole rings is 1. The normalized spacial score (nSPS) is 23.1. The lowest BCUT2D eigenvalue weighted by Gasteiger charge is -2.44. The number of rotatable bonds is 9. The number of ether oxygens (including phenoxy) is 3. The topological polar surface area (TPSA) is 130 Å². The third-order valence-electron chi connectivity index (χ3n) is 9.81. The number of nitrogens with zero attached hydrogens (tertiary/aromatic N) is 3. The molecule has 7 rings (SSSR count). The van der Waals surface area contributed by atoms with Crippen LogP contribution in [-0.4, -0.2) is 64.4 Å². The Bertz CT molecular complexity index is 2040. The Labute approximate surface area is 298 Å². The number of anilines is 1. The van der Waals surface area contributed by atoms with Crippen LogP contribution in [0.15, 0.2) is 102 Å². The van der Waals surface area contributed by atoms with Crippen LogP contribution in [0.5, 0.6) is 0 Å². The van der Waals surface area contributed by atoms with Crippen molar-refractivity contribution in [2.24, 2.45) is 5.92 Å². The number of H-pyrrole nitrogens is 1. The van der Waals surface area contributed by atoms with Crippen molar-refractivity contribution in [3.63, 3.8) is 0 Å². The number of fused-ring (bicyclic) bond motifs is 2. The summed E-state index contributed by atoms with van der Waals surface area (Å²) in [7, 11) is -2.97. The van der Waals surface area contributed by atoms with Crippen LogP contribution < -0.4 is 21.2 Å². The minimum atomic E-state index is -2.97. The molecule has 4 heterocycles. The van der Waals surface area contributed by atoms with E-state index in [0.29, 0.717) is 0 Å². The molecule has 0 radical (unpaired) electrons. The highest BCUT2D eigenvalue weighted by molar-refractivity contribution is 6.99. The summed E-state index contributed by atoms with van der Waals surface area (Å²) in [6.07, 6.45) is -0.337. The van der Waals surface area contributed by atoms with E-state index in [1.54, 1.807) is 24.7 Å². The molecule has 4 atom stereocenters. The molecule has 0 aliphatic carbocycles. The molecule has 51 heavy (non-hydrogen) atoms. The first kappa shape index (κ1) is 35.0. The predicted octanol–water partition coefficient (Wildman–Crippen LogP) is 4.91. The molecule has 0 bridgehead atoms. The summed E-state index contributed by atoms with van der Waals surface area (Å²) in [5.74, 6) is -1.56. The molecule has 0 saturated carbocycles. The molecule has 0 unspecified atom stereocenters. The van der Waals surface area contributed by atoms with Crippen molar-refractivity contribution in [3.8, 4) is 0 Å². The summed E-state index contributed by atoms with van der Waals surface area (Å²) < 4.78 is 29.8. The van der Waals surface area contributed by atoms with Crippen molar-refractivity contribution in [1.82, 2.24) is 19.5 Å². The molecule has 12 heteroatoms. The molecule has 2 aromatic heterocycles. The Balaban J connectivity index is 1.38. The van der Waals surface area contributed by atoms with E-state index in [0.717, 1.165) is 15.9 Å². The quantitative estimate of drug-likeness (QED) is 0.207. The van der Waals surface area contributed by atoms with Crippen molar-refractivity contribution >= 4 is 41.7 Å². The molecule has 11 nitrogen and oxygen atoms in total. The van der Waals surface area contributed by atoms with E-state index in [2.05, 4.69) is 84.6 Å². The zero-order valence-corrected chi connectivity index (χ0v) is 31.0. The largest absolute Gasteiger partial charge is 0.405 e. The number of benzene rings is 3. The van der Waals surface area contributed by atoms with Crippen LogP contribution in [0, 0.1) is 5.92 Å². The molecule has 2 N–H and O–H groups in total. The molecule has 1 amide bonds. The van der Waals surface area contributed by atoms with E-state index < -0.39 is 43.7 Å². The van der Waals surface area contributed by atoms with Crippen molar-refractivity contribution in [2.45, 2.75) is 83.3 Å². The second kappa shape index (κ2) is 12.9. The van der Waals surface area contributed by atoms with E-state index in [9.17, 15) is 9.59 Å². The molecule has 2 fully saturated rings. The number of aromatic amines is 1. The number of amides is 1. The SMILES string of the molecule is CC(C)C(=O)Nc1nc2c(ncn2[C@]2(c3ccccc3)O[C@H](CO[Si](c3ccccc3)(c3ccccc3)C(C)(C)C)[C@H]3OC(C)(C)O[C@H]32)c(=O)[nH]1. The molecule has 5 aromatic rings. The van der Waals surface area contributed by atoms with Gasteiger partial charge in [0.25, 0.3) is 13.9 Å². The van der Waals surface area contributed by atoms with E-state index >= 15 is 0 Å². The number of carbonyl (C=O) groups excluding carboxylic acids is 1. The standard InChI is InChI=1S/C39H45N5O6Si/c1-25(2)34(45)42-36-41-33-30(35(46)43-36)40-24-44(33)39(26-17-11-8-12-18-26)32-31(49-38(6,7)50-32)29(48-39)23-47-51(37(3,4)5,27-19-13-9-14-20-27)28-21-15-10-16-22-28/h8-22,24-25,29,31-32H,23H2,1-7H3,(H2,41,42,43,45,46)/t29-,31-,32-,39-/m1/s1. The van der Waals surface area contributed by atoms with E-state index in [4.69, 9.17) is 23.6 Å². The highest BCUT2D eigenvalue weighted by Crippen LogP contribution is 2.51. The Hall–Kier alpha value is -4.46. The van der Waals surface area contributed by atoms with Crippen LogP contribution in [0.1, 0.15) is 54.0 Å². The van der Waals surface area contributed by atoms with E-state index in [1.165, 1.54) is 0 Å². The van der Waals surface area contributed by atoms with Gasteiger partial charge in [-0.1, -0.05) is 126 Å². The lowest BCUT2D eigenvalue weighted by Crippen LogP contribution is -2.67. The average Bonchev–Trinajstić information content (AvgIpc) is 3.76. The molecule has 2 aliphatic rings. The van der Waals surface area contributed by atoms with Crippen molar-refractivity contribution in [2.75, 3.05) is 11.9 Å². The number of nitrogens with one attached hydrogen (secondary N) is 2. The lowest BCUT2D eigenvalue weighted by atomic mass is 9.94. The van der Waals surface area contributed by atoms with Crippen LogP contribution in [0.25, 0.3) is 11.2 Å². The van der Waals surface area contributed by atoms with Gasteiger partial charge in [0.15, 0.2) is 17.0 Å². The predicted molar refractivity (Wildman–Crippen MR) is 197 cm³/mol. The maximum absolute atomic E-state index is 13.4. The first-order valence-corrected chi connectivity index (χ1v) is 19.3. The van der Waals surface area contributed by atoms with E-state index in [-0.39, 0.29) is 40.6 Å². The number of hydrogen-bond acceptors (Lipinski definition) is 8. The first-order valence-electron chi connectivity index (χ1n) is 17.4. The second-order valence-corrected chi connectivity index (χ2v) is 19.4. The Kier molecular flexibility index (Phi) is 8.87. The molecule has 266 valence electrons. The minimum Gasteiger partial charge on any atom is -0.405 e. The summed E-state index contributed by atoms with van der Waals surface area (Å²) in [6.45, 7) is 14.2. The summed E-state index contributed by atoms with van der Waals surface area (Å²) in [5.41, 5.74) is -0.802. The van der Waals surface area contributed by atoms with Gasteiger partial charge in [0, 0.05) is 11.5 Å². The minimum absolute atomic E-state index is 0.0150. The van der Waals surface area contributed by atoms with Gasteiger partial charge in [-0.15, -0.1) is 0 Å². The van der Waals surface area contributed by atoms with Crippen molar-refractivity contribution in [3.05, 3.63) is 113 Å².